The van der Waals surface area contributed by atoms with Crippen molar-refractivity contribution in [3.63, 3.8) is 0 Å². The summed E-state index contributed by atoms with van der Waals surface area (Å²) in [6.45, 7) is 3.18. The SMILES string of the molecule is CCCOS(=O)(=O)CCOS(=O)(=O)CCC. The summed E-state index contributed by atoms with van der Waals surface area (Å²) in [5.74, 6) is -0.557. The second kappa shape index (κ2) is 7.21. The van der Waals surface area contributed by atoms with Crippen LogP contribution in [-0.4, -0.2) is 41.6 Å². The molecule has 0 radical (unpaired) electrons. The molecule has 0 atom stereocenters. The molecule has 0 aliphatic heterocycles. The quantitative estimate of drug-likeness (QED) is 0.569. The van der Waals surface area contributed by atoms with E-state index in [1.54, 1.807) is 13.8 Å². The highest BCUT2D eigenvalue weighted by molar-refractivity contribution is 7.87. The average molecular weight is 274 g/mol. The second-order valence-electron chi connectivity index (χ2n) is 3.17. The molecule has 0 rings (SSSR count). The third-order valence-electron chi connectivity index (χ3n) is 1.52. The summed E-state index contributed by atoms with van der Waals surface area (Å²) >= 11 is 0. The third-order valence-corrected chi connectivity index (χ3v) is 4.14. The molecule has 0 aromatic carbocycles. The van der Waals surface area contributed by atoms with Crippen LogP contribution in [-0.2, 0) is 28.6 Å². The second-order valence-corrected chi connectivity index (χ2v) is 6.69. The molecule has 16 heavy (non-hydrogen) atoms. The highest BCUT2D eigenvalue weighted by Gasteiger charge is 2.14. The van der Waals surface area contributed by atoms with E-state index in [0.29, 0.717) is 12.8 Å². The van der Waals surface area contributed by atoms with Gasteiger partial charge in [0.2, 0.25) is 0 Å². The van der Waals surface area contributed by atoms with Crippen molar-refractivity contribution in [2.45, 2.75) is 26.7 Å². The highest BCUT2D eigenvalue weighted by atomic mass is 32.2. The summed E-state index contributed by atoms with van der Waals surface area (Å²) in [5.41, 5.74) is 0. The van der Waals surface area contributed by atoms with E-state index in [0.717, 1.165) is 0 Å². The van der Waals surface area contributed by atoms with Gasteiger partial charge in [-0.2, -0.15) is 16.8 Å². The topological polar surface area (TPSA) is 86.7 Å². The van der Waals surface area contributed by atoms with Gasteiger partial charge >= 0.3 is 0 Å². The Balaban J connectivity index is 3.98. The van der Waals surface area contributed by atoms with E-state index < -0.39 is 32.6 Å². The van der Waals surface area contributed by atoms with Crippen molar-refractivity contribution in [2.24, 2.45) is 0 Å². The molecule has 98 valence electrons. The van der Waals surface area contributed by atoms with Gasteiger partial charge in [0, 0.05) is 0 Å². The van der Waals surface area contributed by atoms with Crippen molar-refractivity contribution in [1.82, 2.24) is 0 Å². The summed E-state index contributed by atoms with van der Waals surface area (Å²) in [6.07, 6.45) is 1.01. The Morgan fingerprint density at radius 3 is 1.75 bits per heavy atom. The van der Waals surface area contributed by atoms with Crippen LogP contribution in [0.3, 0.4) is 0 Å². The molecule has 0 aromatic heterocycles. The van der Waals surface area contributed by atoms with Gasteiger partial charge in [-0.1, -0.05) is 13.8 Å². The molecular weight excluding hydrogens is 256 g/mol. The Morgan fingerprint density at radius 2 is 1.25 bits per heavy atom. The van der Waals surface area contributed by atoms with Crippen molar-refractivity contribution in [1.29, 1.82) is 0 Å². The lowest BCUT2D eigenvalue weighted by Gasteiger charge is -2.05. The van der Waals surface area contributed by atoms with Gasteiger partial charge in [0.1, 0.15) is 5.75 Å². The average Bonchev–Trinajstić information content (AvgIpc) is 2.14. The maximum atomic E-state index is 11.1. The zero-order valence-corrected chi connectivity index (χ0v) is 11.1. The third kappa shape index (κ3) is 8.03. The molecule has 0 N–H and O–H groups in total. The Hall–Kier alpha value is -0.180. The minimum atomic E-state index is -3.67. The molecule has 0 aliphatic rings. The van der Waals surface area contributed by atoms with Gasteiger partial charge in [0.05, 0.1) is 19.0 Å². The molecule has 0 aliphatic carbocycles. The van der Waals surface area contributed by atoms with Gasteiger partial charge in [0.15, 0.2) is 0 Å². The van der Waals surface area contributed by atoms with Gasteiger partial charge in [-0.3, -0.25) is 8.37 Å². The van der Waals surface area contributed by atoms with Crippen LogP contribution in [0.1, 0.15) is 26.7 Å². The Labute approximate surface area is 97.2 Å². The van der Waals surface area contributed by atoms with Crippen LogP contribution in [0.2, 0.25) is 0 Å². The molecule has 0 heterocycles. The molecule has 0 saturated heterocycles. The highest BCUT2D eigenvalue weighted by Crippen LogP contribution is 1.99. The van der Waals surface area contributed by atoms with E-state index in [1.807, 2.05) is 0 Å². The van der Waals surface area contributed by atoms with E-state index in [2.05, 4.69) is 8.37 Å². The Kier molecular flexibility index (Phi) is 7.12. The largest absolute Gasteiger partial charge is 0.270 e. The zero-order valence-electron chi connectivity index (χ0n) is 9.51. The van der Waals surface area contributed by atoms with Crippen molar-refractivity contribution in [3.8, 4) is 0 Å². The van der Waals surface area contributed by atoms with E-state index in [4.69, 9.17) is 0 Å². The number of hydrogen-bond donors (Lipinski definition) is 0. The summed E-state index contributed by atoms with van der Waals surface area (Å²) in [4.78, 5) is 0. The first-order valence-corrected chi connectivity index (χ1v) is 8.22. The molecule has 0 unspecified atom stereocenters. The number of hydrogen-bond acceptors (Lipinski definition) is 6. The van der Waals surface area contributed by atoms with Gasteiger partial charge in [-0.05, 0) is 12.8 Å². The first kappa shape index (κ1) is 15.8. The zero-order chi connectivity index (χ0) is 12.7. The van der Waals surface area contributed by atoms with Crippen LogP contribution in [0.5, 0.6) is 0 Å². The van der Waals surface area contributed by atoms with Crippen LogP contribution < -0.4 is 0 Å². The van der Waals surface area contributed by atoms with Crippen LogP contribution in [0.15, 0.2) is 0 Å². The fourth-order valence-electron chi connectivity index (χ4n) is 0.841. The first-order valence-electron chi connectivity index (χ1n) is 5.07. The van der Waals surface area contributed by atoms with Crippen molar-refractivity contribution in [3.05, 3.63) is 0 Å². The summed E-state index contributed by atoms with van der Waals surface area (Å²) in [7, 11) is -7.27. The number of rotatable bonds is 9. The van der Waals surface area contributed by atoms with Crippen LogP contribution in [0.4, 0.5) is 0 Å². The van der Waals surface area contributed by atoms with E-state index in [-0.39, 0.29) is 12.4 Å². The lowest BCUT2D eigenvalue weighted by atomic mass is 10.5. The molecule has 0 fully saturated rings. The van der Waals surface area contributed by atoms with Gasteiger partial charge in [-0.15, -0.1) is 0 Å². The van der Waals surface area contributed by atoms with Crippen LogP contribution in [0.25, 0.3) is 0 Å². The molecule has 0 amide bonds. The van der Waals surface area contributed by atoms with Crippen LogP contribution >= 0.6 is 0 Å². The van der Waals surface area contributed by atoms with E-state index >= 15 is 0 Å². The fraction of sp³-hybridized carbons (Fsp3) is 1.00. The molecule has 0 saturated carbocycles. The summed E-state index contributed by atoms with van der Waals surface area (Å²) in [5, 5.41) is 0. The van der Waals surface area contributed by atoms with Crippen LogP contribution in [0, 0.1) is 0 Å². The van der Waals surface area contributed by atoms with Crippen molar-refractivity contribution >= 4 is 20.2 Å². The molecule has 0 aromatic rings. The lowest BCUT2D eigenvalue weighted by molar-refractivity contribution is 0.301. The first-order chi connectivity index (χ1) is 7.33. The molecular formula is C8H18O6S2. The smallest absolute Gasteiger partial charge is 0.269 e. The normalized spacial score (nSPS) is 12.9. The lowest BCUT2D eigenvalue weighted by Crippen LogP contribution is -2.19. The summed E-state index contributed by atoms with van der Waals surface area (Å²) in [6, 6.07) is 0. The Bertz CT molecular complexity index is 369. The minimum Gasteiger partial charge on any atom is -0.270 e. The predicted molar refractivity (Wildman–Crippen MR) is 60.1 cm³/mol. The van der Waals surface area contributed by atoms with E-state index in [1.165, 1.54) is 0 Å². The Morgan fingerprint density at radius 1 is 0.750 bits per heavy atom. The van der Waals surface area contributed by atoms with Crippen molar-refractivity contribution < 1.29 is 25.2 Å². The van der Waals surface area contributed by atoms with E-state index in [9.17, 15) is 16.8 Å². The molecule has 6 nitrogen and oxygen atoms in total. The van der Waals surface area contributed by atoms with Crippen molar-refractivity contribution in [2.75, 3.05) is 24.7 Å². The molecule has 0 spiro atoms. The summed E-state index contributed by atoms with van der Waals surface area (Å²) < 4.78 is 53.5. The molecule has 0 bridgehead atoms. The maximum Gasteiger partial charge on any atom is 0.269 e. The van der Waals surface area contributed by atoms with Gasteiger partial charge < -0.3 is 0 Å². The fourth-order valence-corrected chi connectivity index (χ4v) is 2.73. The minimum absolute atomic E-state index is 0.101. The molecule has 8 heteroatoms. The maximum absolute atomic E-state index is 11.1. The predicted octanol–water partition coefficient (Wildman–Crippen LogP) is 0.499. The standard InChI is InChI=1S/C8H18O6S2/c1-3-5-13-16(11,12)8-6-14-15(9,10)7-4-2/h3-8H2,1-2H3. The van der Waals surface area contributed by atoms with Gasteiger partial charge in [-0.25, -0.2) is 0 Å². The van der Waals surface area contributed by atoms with Gasteiger partial charge in [0.25, 0.3) is 20.2 Å². The monoisotopic (exact) mass is 274 g/mol.